The minimum Gasteiger partial charge on any atom is -0.207 e. The van der Waals surface area contributed by atoms with E-state index in [2.05, 4.69) is 36.7 Å². The van der Waals surface area contributed by atoms with Crippen molar-refractivity contribution in [2.45, 2.75) is 37.9 Å². The minimum atomic E-state index is -0.528. The van der Waals surface area contributed by atoms with Crippen molar-refractivity contribution in [2.24, 2.45) is 0 Å². The van der Waals surface area contributed by atoms with E-state index in [4.69, 9.17) is 0 Å². The van der Waals surface area contributed by atoms with E-state index in [9.17, 15) is 8.78 Å². The molecule has 0 aromatic heterocycles. The molecule has 0 saturated carbocycles. The Morgan fingerprint density at radius 2 is 1.52 bits per heavy atom. The fourth-order valence-electron chi connectivity index (χ4n) is 2.23. The van der Waals surface area contributed by atoms with Crippen LogP contribution in [0.3, 0.4) is 0 Å². The molecule has 2 aromatic rings. The lowest BCUT2D eigenvalue weighted by Gasteiger charge is -2.20. The van der Waals surface area contributed by atoms with E-state index in [1.54, 1.807) is 6.92 Å². The molecule has 0 saturated heterocycles. The highest BCUT2D eigenvalue weighted by molar-refractivity contribution is 9.09. The van der Waals surface area contributed by atoms with Crippen LogP contribution in [0, 0.1) is 18.6 Å². The predicted octanol–water partition coefficient (Wildman–Crippen LogP) is 6.06. The summed E-state index contributed by atoms with van der Waals surface area (Å²) in [6.45, 7) is 8.04. The maximum absolute atomic E-state index is 14.2. The summed E-state index contributed by atoms with van der Waals surface area (Å²) >= 11 is 3.42. The van der Waals surface area contributed by atoms with Gasteiger partial charge in [-0.1, -0.05) is 67.0 Å². The van der Waals surface area contributed by atoms with Crippen molar-refractivity contribution < 1.29 is 8.78 Å². The van der Waals surface area contributed by atoms with Crippen molar-refractivity contribution in [3.63, 3.8) is 0 Å². The van der Waals surface area contributed by atoms with Gasteiger partial charge in [0, 0.05) is 5.56 Å². The van der Waals surface area contributed by atoms with Gasteiger partial charge in [-0.2, -0.15) is 0 Å². The van der Waals surface area contributed by atoms with E-state index in [-0.39, 0.29) is 11.0 Å². The van der Waals surface area contributed by atoms with Gasteiger partial charge in [0.25, 0.3) is 0 Å². The highest BCUT2D eigenvalue weighted by atomic mass is 79.9. The highest BCUT2D eigenvalue weighted by Gasteiger charge is 2.21. The van der Waals surface area contributed by atoms with E-state index < -0.39 is 16.5 Å². The third kappa shape index (κ3) is 3.34. The van der Waals surface area contributed by atoms with Crippen molar-refractivity contribution in [3.05, 3.63) is 70.3 Å². The zero-order chi connectivity index (χ0) is 15.8. The Balaban J connectivity index is 2.41. The van der Waals surface area contributed by atoms with Gasteiger partial charge in [0.05, 0.1) is 4.83 Å². The van der Waals surface area contributed by atoms with E-state index in [1.807, 2.05) is 24.3 Å². The zero-order valence-electron chi connectivity index (χ0n) is 12.7. The summed E-state index contributed by atoms with van der Waals surface area (Å²) in [4.78, 5) is -0.494. The van der Waals surface area contributed by atoms with Gasteiger partial charge in [0.1, 0.15) is 11.6 Å². The van der Waals surface area contributed by atoms with Crippen LogP contribution in [-0.4, -0.2) is 0 Å². The molecule has 3 heteroatoms. The zero-order valence-corrected chi connectivity index (χ0v) is 14.3. The number of benzene rings is 2. The van der Waals surface area contributed by atoms with Crippen LogP contribution in [0.15, 0.2) is 36.4 Å². The number of hydrogen-bond donors (Lipinski definition) is 0. The van der Waals surface area contributed by atoms with Crippen LogP contribution in [0.4, 0.5) is 8.78 Å². The van der Waals surface area contributed by atoms with Crippen LogP contribution in [-0.2, 0) is 5.41 Å². The third-order valence-corrected chi connectivity index (χ3v) is 4.63. The Morgan fingerprint density at radius 3 is 2.05 bits per heavy atom. The van der Waals surface area contributed by atoms with Gasteiger partial charge in [-0.05, 0) is 35.1 Å². The number of halogens is 3. The lowest BCUT2D eigenvalue weighted by atomic mass is 9.86. The molecular formula is C18H19BrF2. The summed E-state index contributed by atoms with van der Waals surface area (Å²) in [5, 5.41) is 0. The van der Waals surface area contributed by atoms with Crippen LogP contribution >= 0.6 is 15.9 Å². The monoisotopic (exact) mass is 352 g/mol. The molecule has 0 amide bonds. The van der Waals surface area contributed by atoms with Gasteiger partial charge in [-0.25, -0.2) is 8.78 Å². The van der Waals surface area contributed by atoms with E-state index in [0.717, 1.165) is 5.56 Å². The first-order valence-electron chi connectivity index (χ1n) is 6.91. The summed E-state index contributed by atoms with van der Waals surface area (Å²) in [6.07, 6.45) is 0. The highest BCUT2D eigenvalue weighted by Crippen LogP contribution is 2.36. The Labute approximate surface area is 133 Å². The van der Waals surface area contributed by atoms with Crippen molar-refractivity contribution in [2.75, 3.05) is 0 Å². The van der Waals surface area contributed by atoms with Crippen molar-refractivity contribution in [1.82, 2.24) is 0 Å². The Hall–Kier alpha value is -1.22. The molecule has 0 N–H and O–H groups in total. The second-order valence-electron chi connectivity index (χ2n) is 6.33. The third-order valence-electron chi connectivity index (χ3n) is 3.64. The molecule has 0 bridgehead atoms. The minimum absolute atomic E-state index is 0.0557. The van der Waals surface area contributed by atoms with E-state index >= 15 is 0 Å². The Bertz CT molecular complexity index is 640. The second-order valence-corrected chi connectivity index (χ2v) is 7.24. The number of hydrogen-bond acceptors (Lipinski definition) is 0. The Kier molecular flexibility index (Phi) is 4.52. The molecule has 0 fully saturated rings. The topological polar surface area (TPSA) is 0 Å². The maximum Gasteiger partial charge on any atom is 0.133 e. The smallest absolute Gasteiger partial charge is 0.133 e. The molecule has 0 spiro atoms. The molecular weight excluding hydrogens is 334 g/mol. The molecule has 0 heterocycles. The molecule has 0 radical (unpaired) electrons. The second kappa shape index (κ2) is 5.88. The van der Waals surface area contributed by atoms with E-state index in [0.29, 0.717) is 5.56 Å². The largest absolute Gasteiger partial charge is 0.207 e. The van der Waals surface area contributed by atoms with Gasteiger partial charge in [0.2, 0.25) is 0 Å². The van der Waals surface area contributed by atoms with Gasteiger partial charge in [-0.15, -0.1) is 0 Å². The molecule has 0 aliphatic rings. The van der Waals surface area contributed by atoms with Gasteiger partial charge in [0.15, 0.2) is 0 Å². The fraction of sp³-hybridized carbons (Fsp3) is 0.333. The molecule has 0 aliphatic heterocycles. The average Bonchev–Trinajstić information content (AvgIpc) is 2.42. The number of rotatable bonds is 2. The molecule has 2 aromatic carbocycles. The molecule has 2 rings (SSSR count). The first-order chi connectivity index (χ1) is 9.71. The van der Waals surface area contributed by atoms with Crippen molar-refractivity contribution >= 4 is 15.9 Å². The molecule has 112 valence electrons. The number of alkyl halides is 1. The summed E-state index contributed by atoms with van der Waals surface area (Å²) in [7, 11) is 0. The average molecular weight is 353 g/mol. The van der Waals surface area contributed by atoms with Crippen molar-refractivity contribution in [3.8, 4) is 0 Å². The number of aryl methyl sites for hydroxylation is 1. The van der Waals surface area contributed by atoms with Crippen molar-refractivity contribution in [1.29, 1.82) is 0 Å². The first kappa shape index (κ1) is 16.2. The molecule has 1 atom stereocenters. The molecule has 21 heavy (non-hydrogen) atoms. The summed E-state index contributed by atoms with van der Waals surface area (Å²) in [5.74, 6) is -1.02. The van der Waals surface area contributed by atoms with E-state index in [1.165, 1.54) is 17.7 Å². The predicted molar refractivity (Wildman–Crippen MR) is 87.0 cm³/mol. The van der Waals surface area contributed by atoms with Gasteiger partial charge >= 0.3 is 0 Å². The standard InChI is InChI=1S/C18H19BrF2/c1-11-5-10-14(20)15(17(11)21)16(19)12-6-8-13(9-7-12)18(2,3)4/h5-10,16H,1-4H3. The van der Waals surface area contributed by atoms with Crippen LogP contribution in [0.1, 0.15) is 47.9 Å². The molecule has 0 aliphatic carbocycles. The first-order valence-corrected chi connectivity index (χ1v) is 7.82. The normalized spacial score (nSPS) is 13.3. The van der Waals surface area contributed by atoms with Gasteiger partial charge in [-0.3, -0.25) is 0 Å². The summed E-state index contributed by atoms with van der Waals surface area (Å²) < 4.78 is 28.2. The van der Waals surface area contributed by atoms with Crippen LogP contribution in [0.25, 0.3) is 0 Å². The fourth-order valence-corrected chi connectivity index (χ4v) is 2.95. The lowest BCUT2D eigenvalue weighted by molar-refractivity contribution is 0.555. The lowest BCUT2D eigenvalue weighted by Crippen LogP contribution is -2.11. The summed E-state index contributed by atoms with van der Waals surface area (Å²) in [5.41, 5.74) is 2.60. The Morgan fingerprint density at radius 1 is 0.952 bits per heavy atom. The van der Waals surface area contributed by atoms with Crippen LogP contribution < -0.4 is 0 Å². The molecule has 0 nitrogen and oxygen atoms in total. The molecule has 1 unspecified atom stereocenters. The summed E-state index contributed by atoms with van der Waals surface area (Å²) in [6, 6.07) is 10.6. The SMILES string of the molecule is Cc1ccc(F)c(C(Br)c2ccc(C(C)(C)C)cc2)c1F. The van der Waals surface area contributed by atoms with Gasteiger partial charge < -0.3 is 0 Å². The maximum atomic E-state index is 14.2. The van der Waals surface area contributed by atoms with Crippen LogP contribution in [0.5, 0.6) is 0 Å². The quantitative estimate of drug-likeness (QED) is 0.576. The van der Waals surface area contributed by atoms with Crippen LogP contribution in [0.2, 0.25) is 0 Å².